The number of carbonyl (C=O) groups is 1. The molecule has 0 spiro atoms. The molecule has 0 unspecified atom stereocenters. The molecule has 90 valence electrons. The van der Waals surface area contributed by atoms with Gasteiger partial charge in [-0.1, -0.05) is 42.5 Å². The molecule has 0 aromatic heterocycles. The Morgan fingerprint density at radius 2 is 2.11 bits per heavy atom. The van der Waals surface area contributed by atoms with E-state index < -0.39 is 0 Å². The van der Waals surface area contributed by atoms with Gasteiger partial charge < -0.3 is 4.74 Å². The molecule has 1 aliphatic carbocycles. The third-order valence-electron chi connectivity index (χ3n) is 2.84. The van der Waals surface area contributed by atoms with E-state index in [1.54, 1.807) is 24.3 Å². The maximum Gasteiger partial charge on any atom is 0.338 e. The molecule has 1 atom stereocenters. The molecule has 0 N–H and O–H groups in total. The van der Waals surface area contributed by atoms with Crippen LogP contribution in [0, 0.1) is 6.57 Å². The van der Waals surface area contributed by atoms with Crippen LogP contribution >= 0.6 is 0 Å². The van der Waals surface area contributed by atoms with Crippen LogP contribution in [0.5, 0.6) is 0 Å². The summed E-state index contributed by atoms with van der Waals surface area (Å²) in [5.41, 5.74) is 2.09. The van der Waals surface area contributed by atoms with Crippen molar-refractivity contribution in [1.82, 2.24) is 0 Å². The molecule has 3 heteroatoms. The van der Waals surface area contributed by atoms with E-state index in [-0.39, 0.29) is 12.1 Å². The van der Waals surface area contributed by atoms with Gasteiger partial charge in [-0.2, -0.15) is 0 Å². The van der Waals surface area contributed by atoms with Crippen LogP contribution in [-0.4, -0.2) is 12.1 Å². The number of hydrogen-bond acceptors (Lipinski definition) is 2. The predicted octanol–water partition coefficient (Wildman–Crippen LogP) is 3.67. The van der Waals surface area contributed by atoms with Gasteiger partial charge in [0.15, 0.2) is 5.69 Å². The van der Waals surface area contributed by atoms with E-state index in [0.717, 1.165) is 12.0 Å². The minimum absolute atomic E-state index is 0.215. The number of nitrogens with zero attached hydrogens (tertiary/aromatic N) is 1. The van der Waals surface area contributed by atoms with Gasteiger partial charge in [0.05, 0.1) is 12.1 Å². The van der Waals surface area contributed by atoms with E-state index in [4.69, 9.17) is 11.3 Å². The van der Waals surface area contributed by atoms with E-state index in [9.17, 15) is 4.79 Å². The highest BCUT2D eigenvalue weighted by Crippen LogP contribution is 2.19. The first-order valence-electron chi connectivity index (χ1n) is 5.75. The first-order chi connectivity index (χ1) is 8.70. The molecule has 0 aliphatic heterocycles. The largest absolute Gasteiger partial charge is 0.455 e. The van der Waals surface area contributed by atoms with Crippen molar-refractivity contribution in [1.29, 1.82) is 0 Å². The maximum absolute atomic E-state index is 11.9. The van der Waals surface area contributed by atoms with Crippen LogP contribution in [0.2, 0.25) is 0 Å². The first-order valence-corrected chi connectivity index (χ1v) is 5.75. The van der Waals surface area contributed by atoms with Crippen molar-refractivity contribution in [3.05, 3.63) is 65.0 Å². The van der Waals surface area contributed by atoms with Crippen LogP contribution in [-0.2, 0) is 4.74 Å². The van der Waals surface area contributed by atoms with Gasteiger partial charge in [0.2, 0.25) is 0 Å². The zero-order valence-corrected chi connectivity index (χ0v) is 10.1. The van der Waals surface area contributed by atoms with E-state index in [0.29, 0.717) is 11.3 Å². The van der Waals surface area contributed by atoms with Crippen LogP contribution in [0.4, 0.5) is 5.69 Å². The summed E-state index contributed by atoms with van der Waals surface area (Å²) in [5, 5.41) is 0. The second-order valence-corrected chi connectivity index (χ2v) is 4.08. The number of allylic oxidation sites excluding steroid dienone is 3. The van der Waals surface area contributed by atoms with Crippen LogP contribution in [0.25, 0.3) is 4.85 Å². The topological polar surface area (TPSA) is 30.7 Å². The third kappa shape index (κ3) is 2.67. The van der Waals surface area contributed by atoms with E-state index in [2.05, 4.69) is 4.85 Å². The Hall–Kier alpha value is -2.34. The summed E-state index contributed by atoms with van der Waals surface area (Å²) in [7, 11) is 0. The zero-order chi connectivity index (χ0) is 13.0. The van der Waals surface area contributed by atoms with Crippen LogP contribution in [0.15, 0.2) is 48.1 Å². The lowest BCUT2D eigenvalue weighted by atomic mass is 10.1. The fourth-order valence-corrected chi connectivity index (χ4v) is 1.74. The lowest BCUT2D eigenvalue weighted by Gasteiger charge is -2.14. The summed E-state index contributed by atoms with van der Waals surface area (Å²) in [4.78, 5) is 15.1. The lowest BCUT2D eigenvalue weighted by Crippen LogP contribution is -2.16. The number of hydrogen-bond donors (Lipinski definition) is 0. The van der Waals surface area contributed by atoms with Gasteiger partial charge in [0.25, 0.3) is 0 Å². The van der Waals surface area contributed by atoms with Gasteiger partial charge in [-0.25, -0.2) is 9.64 Å². The fourth-order valence-electron chi connectivity index (χ4n) is 1.74. The Morgan fingerprint density at radius 3 is 2.67 bits per heavy atom. The molecular formula is C15H13NO2. The van der Waals surface area contributed by atoms with Gasteiger partial charge in [0.1, 0.15) is 6.10 Å². The Labute approximate surface area is 106 Å². The zero-order valence-electron chi connectivity index (χ0n) is 10.1. The predicted molar refractivity (Wildman–Crippen MR) is 69.4 cm³/mol. The van der Waals surface area contributed by atoms with Gasteiger partial charge in [-0.05, 0) is 18.9 Å². The summed E-state index contributed by atoms with van der Waals surface area (Å²) in [6.07, 6.45) is 6.59. The van der Waals surface area contributed by atoms with Crippen molar-refractivity contribution in [2.45, 2.75) is 19.4 Å². The van der Waals surface area contributed by atoms with E-state index in [1.165, 1.54) is 0 Å². The summed E-state index contributed by atoms with van der Waals surface area (Å²) >= 11 is 0. The normalized spacial score (nSPS) is 14.8. The molecule has 1 aromatic rings. The molecule has 1 aromatic carbocycles. The van der Waals surface area contributed by atoms with Gasteiger partial charge in [-0.15, -0.1) is 0 Å². The standard InChI is InChI=1S/C15H13NO2/c1-11(12-5-3-4-6-12)18-15(17)13-7-9-14(16-2)10-8-13/h3-5,7-11H,6H2,1H3/t11-/m1/s1. The second-order valence-electron chi connectivity index (χ2n) is 4.08. The van der Waals surface area contributed by atoms with Crippen LogP contribution in [0.1, 0.15) is 23.7 Å². The molecular weight excluding hydrogens is 226 g/mol. The van der Waals surface area contributed by atoms with Crippen molar-refractivity contribution in [3.8, 4) is 0 Å². The van der Waals surface area contributed by atoms with Crippen molar-refractivity contribution < 1.29 is 9.53 Å². The van der Waals surface area contributed by atoms with Crippen LogP contribution in [0.3, 0.4) is 0 Å². The van der Waals surface area contributed by atoms with Crippen LogP contribution < -0.4 is 0 Å². The molecule has 0 fully saturated rings. The molecule has 0 radical (unpaired) electrons. The molecule has 18 heavy (non-hydrogen) atoms. The van der Waals surface area contributed by atoms with Gasteiger partial charge in [-0.3, -0.25) is 0 Å². The number of rotatable bonds is 3. The summed E-state index contributed by atoms with van der Waals surface area (Å²) in [6, 6.07) is 6.46. The molecule has 0 saturated heterocycles. The van der Waals surface area contributed by atoms with Gasteiger partial charge in [0, 0.05) is 0 Å². The molecule has 2 rings (SSSR count). The SMILES string of the molecule is [C-]#[N+]c1ccc(C(=O)O[C@H](C)C2=CC=CC2)cc1. The highest BCUT2D eigenvalue weighted by molar-refractivity contribution is 5.90. The van der Waals surface area contributed by atoms with Crippen molar-refractivity contribution in [2.75, 3.05) is 0 Å². The molecule has 0 heterocycles. The monoisotopic (exact) mass is 239 g/mol. The van der Waals surface area contributed by atoms with E-state index in [1.807, 2.05) is 25.2 Å². The summed E-state index contributed by atoms with van der Waals surface area (Å²) in [6.45, 7) is 8.71. The average molecular weight is 239 g/mol. The highest BCUT2D eigenvalue weighted by atomic mass is 16.5. The van der Waals surface area contributed by atoms with Crippen molar-refractivity contribution in [3.63, 3.8) is 0 Å². The van der Waals surface area contributed by atoms with Crippen molar-refractivity contribution in [2.24, 2.45) is 0 Å². The maximum atomic E-state index is 11.9. The van der Waals surface area contributed by atoms with E-state index >= 15 is 0 Å². The molecule has 0 amide bonds. The minimum atomic E-state index is -0.355. The smallest absolute Gasteiger partial charge is 0.338 e. The quantitative estimate of drug-likeness (QED) is 0.595. The Morgan fingerprint density at radius 1 is 1.39 bits per heavy atom. The highest BCUT2D eigenvalue weighted by Gasteiger charge is 2.15. The van der Waals surface area contributed by atoms with Crippen molar-refractivity contribution >= 4 is 11.7 Å². The Balaban J connectivity index is 2.01. The lowest BCUT2D eigenvalue weighted by molar-refractivity contribution is 0.0404. The Bertz CT molecular complexity index is 547. The summed E-state index contributed by atoms with van der Waals surface area (Å²) < 4.78 is 5.37. The molecule has 0 saturated carbocycles. The summed E-state index contributed by atoms with van der Waals surface area (Å²) in [5.74, 6) is -0.355. The number of ether oxygens (including phenoxy) is 1. The molecule has 0 bridgehead atoms. The number of carbonyl (C=O) groups excluding carboxylic acids is 1. The third-order valence-corrected chi connectivity index (χ3v) is 2.84. The Kier molecular flexibility index (Phi) is 3.59. The number of benzene rings is 1. The average Bonchev–Trinajstić information content (AvgIpc) is 2.92. The second kappa shape index (κ2) is 5.33. The first kappa shape index (κ1) is 12.1. The number of esters is 1. The molecule has 3 nitrogen and oxygen atoms in total. The fraction of sp³-hybridized carbons (Fsp3) is 0.200. The van der Waals surface area contributed by atoms with Gasteiger partial charge >= 0.3 is 5.97 Å². The minimum Gasteiger partial charge on any atom is -0.455 e. The molecule has 1 aliphatic rings.